The molecule has 3 heteroatoms. The summed E-state index contributed by atoms with van der Waals surface area (Å²) in [5.74, 6) is 0.804. The van der Waals surface area contributed by atoms with Crippen LogP contribution < -0.4 is 10.1 Å². The number of hydrogen-bond donors (Lipinski definition) is 1. The normalized spacial score (nSPS) is 12.1. The lowest BCUT2D eigenvalue weighted by atomic mass is 10.0. The van der Waals surface area contributed by atoms with Crippen molar-refractivity contribution in [2.45, 2.75) is 26.3 Å². The Bertz CT molecular complexity index is 571. The number of nitrogens with one attached hydrogen (secondary N) is 1. The second-order valence-electron chi connectivity index (χ2n) is 5.19. The minimum absolute atomic E-state index is 0.184. The lowest BCUT2D eigenvalue weighted by Gasteiger charge is -2.20. The molecule has 0 aliphatic heterocycles. The van der Waals surface area contributed by atoms with Crippen molar-refractivity contribution in [1.29, 1.82) is 0 Å². The first kappa shape index (κ1) is 15.9. The molecule has 1 N–H and O–H groups in total. The smallest absolute Gasteiger partial charge is 0.120 e. The van der Waals surface area contributed by atoms with Crippen LogP contribution in [0.15, 0.2) is 48.5 Å². The Balaban J connectivity index is 2.06. The molecule has 2 aromatic rings. The standard InChI is InChI=1S/C18H22ClNO/c1-3-10-20-18(15-7-4-6-14(2)11-15)13-21-17-9-5-8-16(19)12-17/h4-9,11-12,18,20H,3,10,13H2,1-2H3. The Morgan fingerprint density at radius 1 is 1.14 bits per heavy atom. The predicted octanol–water partition coefficient (Wildman–Crippen LogP) is 4.77. The van der Waals surface area contributed by atoms with Crippen LogP contribution >= 0.6 is 11.6 Å². The van der Waals surface area contributed by atoms with Crippen molar-refractivity contribution in [3.8, 4) is 5.75 Å². The monoisotopic (exact) mass is 303 g/mol. The zero-order chi connectivity index (χ0) is 15.1. The summed E-state index contributed by atoms with van der Waals surface area (Å²) in [5.41, 5.74) is 2.52. The van der Waals surface area contributed by atoms with Crippen molar-refractivity contribution in [3.63, 3.8) is 0 Å². The maximum Gasteiger partial charge on any atom is 0.120 e. The molecule has 0 spiro atoms. The van der Waals surface area contributed by atoms with Crippen LogP contribution in [0.3, 0.4) is 0 Å². The van der Waals surface area contributed by atoms with Gasteiger partial charge in [0.15, 0.2) is 0 Å². The first-order valence-electron chi connectivity index (χ1n) is 7.37. The van der Waals surface area contributed by atoms with Crippen LogP contribution in [0.1, 0.15) is 30.5 Å². The average molecular weight is 304 g/mol. The van der Waals surface area contributed by atoms with Gasteiger partial charge < -0.3 is 10.1 Å². The van der Waals surface area contributed by atoms with Gasteiger partial charge >= 0.3 is 0 Å². The van der Waals surface area contributed by atoms with Gasteiger partial charge in [-0.2, -0.15) is 0 Å². The van der Waals surface area contributed by atoms with Gasteiger partial charge in [0.25, 0.3) is 0 Å². The van der Waals surface area contributed by atoms with E-state index >= 15 is 0 Å². The van der Waals surface area contributed by atoms with E-state index in [1.54, 1.807) is 0 Å². The third-order valence-corrected chi connectivity index (χ3v) is 3.53. The van der Waals surface area contributed by atoms with E-state index in [0.29, 0.717) is 11.6 Å². The Labute approximate surface area is 132 Å². The summed E-state index contributed by atoms with van der Waals surface area (Å²) in [7, 11) is 0. The van der Waals surface area contributed by atoms with Gasteiger partial charge in [0.2, 0.25) is 0 Å². The molecule has 0 aliphatic rings. The number of aryl methyl sites for hydroxylation is 1. The fraction of sp³-hybridized carbons (Fsp3) is 0.333. The highest BCUT2D eigenvalue weighted by molar-refractivity contribution is 6.30. The number of ether oxygens (including phenoxy) is 1. The molecule has 2 aromatic carbocycles. The Morgan fingerprint density at radius 2 is 1.95 bits per heavy atom. The first-order valence-corrected chi connectivity index (χ1v) is 7.75. The van der Waals surface area contributed by atoms with E-state index in [0.717, 1.165) is 18.7 Å². The minimum atomic E-state index is 0.184. The van der Waals surface area contributed by atoms with Gasteiger partial charge in [-0.25, -0.2) is 0 Å². The SMILES string of the molecule is CCCNC(COc1cccc(Cl)c1)c1cccc(C)c1. The van der Waals surface area contributed by atoms with Gasteiger partial charge in [-0.1, -0.05) is 54.4 Å². The highest BCUT2D eigenvalue weighted by Gasteiger charge is 2.11. The summed E-state index contributed by atoms with van der Waals surface area (Å²) in [5, 5.41) is 4.24. The maximum atomic E-state index is 5.99. The summed E-state index contributed by atoms with van der Waals surface area (Å²) in [6.45, 7) is 5.83. The number of benzene rings is 2. The fourth-order valence-electron chi connectivity index (χ4n) is 2.21. The highest BCUT2D eigenvalue weighted by atomic mass is 35.5. The highest BCUT2D eigenvalue weighted by Crippen LogP contribution is 2.20. The van der Waals surface area contributed by atoms with Crippen LogP contribution in [0.5, 0.6) is 5.75 Å². The molecule has 2 nitrogen and oxygen atoms in total. The molecule has 1 unspecified atom stereocenters. The molecular formula is C18H22ClNO. The van der Waals surface area contributed by atoms with Gasteiger partial charge in [0.1, 0.15) is 12.4 Å². The van der Waals surface area contributed by atoms with Crippen molar-refractivity contribution in [3.05, 3.63) is 64.7 Å². The van der Waals surface area contributed by atoms with E-state index in [-0.39, 0.29) is 6.04 Å². The van der Waals surface area contributed by atoms with Crippen LogP contribution in [-0.2, 0) is 0 Å². The van der Waals surface area contributed by atoms with Gasteiger partial charge in [0.05, 0.1) is 6.04 Å². The molecule has 0 saturated heterocycles. The second-order valence-corrected chi connectivity index (χ2v) is 5.63. The van der Waals surface area contributed by atoms with Crippen molar-refractivity contribution in [2.75, 3.05) is 13.2 Å². The van der Waals surface area contributed by atoms with Crippen LogP contribution in [0.2, 0.25) is 5.02 Å². The quantitative estimate of drug-likeness (QED) is 0.795. The molecule has 0 heterocycles. The van der Waals surface area contributed by atoms with Crippen LogP contribution in [-0.4, -0.2) is 13.2 Å². The fourth-order valence-corrected chi connectivity index (χ4v) is 2.40. The molecule has 0 bridgehead atoms. The Kier molecular flexibility index (Phi) is 6.09. The Hall–Kier alpha value is -1.51. The molecular weight excluding hydrogens is 282 g/mol. The van der Waals surface area contributed by atoms with Crippen LogP contribution in [0, 0.1) is 6.92 Å². The van der Waals surface area contributed by atoms with Gasteiger partial charge in [-0.15, -0.1) is 0 Å². The molecule has 0 radical (unpaired) electrons. The van der Waals surface area contributed by atoms with E-state index in [4.69, 9.17) is 16.3 Å². The second kappa shape index (κ2) is 8.06. The molecule has 0 aromatic heterocycles. The van der Waals surface area contributed by atoms with Crippen molar-refractivity contribution in [2.24, 2.45) is 0 Å². The molecule has 21 heavy (non-hydrogen) atoms. The summed E-state index contributed by atoms with van der Waals surface area (Å²) < 4.78 is 5.89. The summed E-state index contributed by atoms with van der Waals surface area (Å²) >= 11 is 5.99. The maximum absolute atomic E-state index is 5.99. The zero-order valence-electron chi connectivity index (χ0n) is 12.6. The summed E-state index contributed by atoms with van der Waals surface area (Å²) in [6, 6.07) is 16.2. The van der Waals surface area contributed by atoms with E-state index in [2.05, 4.69) is 43.4 Å². The van der Waals surface area contributed by atoms with Crippen molar-refractivity contribution < 1.29 is 4.74 Å². The van der Waals surface area contributed by atoms with E-state index in [1.807, 2.05) is 24.3 Å². The third kappa shape index (κ3) is 5.07. The number of halogens is 1. The van der Waals surface area contributed by atoms with Gasteiger partial charge in [0, 0.05) is 5.02 Å². The first-order chi connectivity index (χ1) is 10.2. The topological polar surface area (TPSA) is 21.3 Å². The molecule has 0 amide bonds. The molecule has 112 valence electrons. The lowest BCUT2D eigenvalue weighted by molar-refractivity contribution is 0.266. The molecule has 0 saturated carbocycles. The van der Waals surface area contributed by atoms with Crippen molar-refractivity contribution in [1.82, 2.24) is 5.32 Å². The molecule has 0 fully saturated rings. The van der Waals surface area contributed by atoms with Gasteiger partial charge in [-0.05, 0) is 43.7 Å². The largest absolute Gasteiger partial charge is 0.492 e. The predicted molar refractivity (Wildman–Crippen MR) is 89.2 cm³/mol. The van der Waals surface area contributed by atoms with E-state index in [9.17, 15) is 0 Å². The van der Waals surface area contributed by atoms with Crippen LogP contribution in [0.25, 0.3) is 0 Å². The zero-order valence-corrected chi connectivity index (χ0v) is 13.4. The van der Waals surface area contributed by atoms with E-state index in [1.165, 1.54) is 11.1 Å². The Morgan fingerprint density at radius 3 is 2.67 bits per heavy atom. The lowest BCUT2D eigenvalue weighted by Crippen LogP contribution is -2.27. The van der Waals surface area contributed by atoms with Crippen molar-refractivity contribution >= 4 is 11.6 Å². The molecule has 0 aliphatic carbocycles. The third-order valence-electron chi connectivity index (χ3n) is 3.30. The van der Waals surface area contributed by atoms with Crippen LogP contribution in [0.4, 0.5) is 0 Å². The average Bonchev–Trinajstić information content (AvgIpc) is 2.47. The number of rotatable bonds is 7. The molecule has 1 atom stereocenters. The van der Waals surface area contributed by atoms with E-state index < -0.39 is 0 Å². The minimum Gasteiger partial charge on any atom is -0.492 e. The van der Waals surface area contributed by atoms with Gasteiger partial charge in [-0.3, -0.25) is 0 Å². The summed E-state index contributed by atoms with van der Waals surface area (Å²) in [6.07, 6.45) is 1.10. The number of hydrogen-bond acceptors (Lipinski definition) is 2. The molecule has 2 rings (SSSR count). The summed E-state index contributed by atoms with van der Waals surface area (Å²) in [4.78, 5) is 0.